The fourth-order valence-corrected chi connectivity index (χ4v) is 2.88. The molecule has 0 unspecified atom stereocenters. The Bertz CT molecular complexity index is 773. The van der Waals surface area contributed by atoms with Gasteiger partial charge in [0.2, 0.25) is 0 Å². The SMILES string of the molecule is CCCCNCc1c(OCc2ccccc2)ccc2ccccc12.Cl. The van der Waals surface area contributed by atoms with Crippen molar-refractivity contribution in [1.29, 1.82) is 0 Å². The van der Waals surface area contributed by atoms with Gasteiger partial charge in [0.05, 0.1) is 0 Å². The zero-order chi connectivity index (χ0) is 16.6. The summed E-state index contributed by atoms with van der Waals surface area (Å²) >= 11 is 0. The molecule has 2 nitrogen and oxygen atoms in total. The Balaban J connectivity index is 0.00000225. The molecule has 0 bridgehead atoms. The van der Waals surface area contributed by atoms with E-state index in [9.17, 15) is 0 Å². The molecule has 0 aromatic heterocycles. The van der Waals surface area contributed by atoms with E-state index in [2.05, 4.69) is 60.8 Å². The fourth-order valence-electron chi connectivity index (χ4n) is 2.88. The molecular formula is C22H26ClNO. The second-order valence-electron chi connectivity index (χ2n) is 6.07. The molecule has 0 saturated carbocycles. The molecule has 0 radical (unpaired) electrons. The number of ether oxygens (including phenoxy) is 1. The van der Waals surface area contributed by atoms with Crippen LogP contribution < -0.4 is 10.1 Å². The van der Waals surface area contributed by atoms with Crippen LogP contribution in [0.25, 0.3) is 10.8 Å². The molecule has 0 saturated heterocycles. The van der Waals surface area contributed by atoms with Crippen LogP contribution in [0.15, 0.2) is 66.7 Å². The summed E-state index contributed by atoms with van der Waals surface area (Å²) in [7, 11) is 0. The molecule has 0 heterocycles. The van der Waals surface area contributed by atoms with Crippen LogP contribution in [-0.2, 0) is 13.2 Å². The van der Waals surface area contributed by atoms with Crippen molar-refractivity contribution >= 4 is 23.2 Å². The maximum absolute atomic E-state index is 6.15. The van der Waals surface area contributed by atoms with Gasteiger partial charge in [0, 0.05) is 12.1 Å². The lowest BCUT2D eigenvalue weighted by Crippen LogP contribution is -2.15. The maximum Gasteiger partial charge on any atom is 0.124 e. The van der Waals surface area contributed by atoms with E-state index in [-0.39, 0.29) is 12.4 Å². The summed E-state index contributed by atoms with van der Waals surface area (Å²) in [4.78, 5) is 0. The van der Waals surface area contributed by atoms with Crippen molar-refractivity contribution in [2.45, 2.75) is 32.9 Å². The van der Waals surface area contributed by atoms with Crippen LogP contribution in [0.1, 0.15) is 30.9 Å². The van der Waals surface area contributed by atoms with Crippen LogP contribution in [0, 0.1) is 0 Å². The van der Waals surface area contributed by atoms with E-state index in [1.54, 1.807) is 0 Å². The van der Waals surface area contributed by atoms with Crippen molar-refractivity contribution in [3.05, 3.63) is 77.9 Å². The lowest BCUT2D eigenvalue weighted by atomic mass is 10.0. The Morgan fingerprint density at radius 2 is 1.64 bits per heavy atom. The van der Waals surface area contributed by atoms with E-state index in [1.165, 1.54) is 34.7 Å². The highest BCUT2D eigenvalue weighted by Crippen LogP contribution is 2.28. The smallest absolute Gasteiger partial charge is 0.124 e. The number of halogens is 1. The molecule has 0 aliphatic carbocycles. The fraction of sp³-hybridized carbons (Fsp3) is 0.273. The van der Waals surface area contributed by atoms with Crippen molar-refractivity contribution in [2.24, 2.45) is 0 Å². The summed E-state index contributed by atoms with van der Waals surface area (Å²) in [5, 5.41) is 6.08. The van der Waals surface area contributed by atoms with Crippen molar-refractivity contribution in [3.8, 4) is 5.75 Å². The Labute approximate surface area is 156 Å². The molecule has 3 aromatic carbocycles. The summed E-state index contributed by atoms with van der Waals surface area (Å²) < 4.78 is 6.15. The minimum Gasteiger partial charge on any atom is -0.489 e. The van der Waals surface area contributed by atoms with Gasteiger partial charge >= 0.3 is 0 Å². The first kappa shape index (κ1) is 19.3. The molecule has 0 atom stereocenters. The summed E-state index contributed by atoms with van der Waals surface area (Å²) in [6, 6.07) is 23.1. The van der Waals surface area contributed by atoms with Gasteiger partial charge in [-0.15, -0.1) is 12.4 Å². The average Bonchev–Trinajstić information content (AvgIpc) is 2.65. The predicted octanol–water partition coefficient (Wildman–Crippen LogP) is 5.73. The molecule has 3 aromatic rings. The van der Waals surface area contributed by atoms with Gasteiger partial charge < -0.3 is 10.1 Å². The summed E-state index contributed by atoms with van der Waals surface area (Å²) in [6.45, 7) is 4.69. The van der Waals surface area contributed by atoms with Crippen molar-refractivity contribution < 1.29 is 4.74 Å². The topological polar surface area (TPSA) is 21.3 Å². The minimum absolute atomic E-state index is 0. The van der Waals surface area contributed by atoms with Gasteiger partial charge in [-0.2, -0.15) is 0 Å². The number of benzene rings is 3. The predicted molar refractivity (Wildman–Crippen MR) is 109 cm³/mol. The Hall–Kier alpha value is -2.03. The van der Waals surface area contributed by atoms with Gasteiger partial charge in [-0.25, -0.2) is 0 Å². The van der Waals surface area contributed by atoms with Gasteiger partial charge in [0.1, 0.15) is 12.4 Å². The molecule has 3 heteroatoms. The van der Waals surface area contributed by atoms with Gasteiger partial charge in [-0.05, 0) is 35.4 Å². The minimum atomic E-state index is 0. The number of hydrogen-bond donors (Lipinski definition) is 1. The maximum atomic E-state index is 6.15. The highest BCUT2D eigenvalue weighted by atomic mass is 35.5. The lowest BCUT2D eigenvalue weighted by Gasteiger charge is -2.15. The Kier molecular flexibility index (Phi) is 7.77. The molecule has 0 aliphatic heterocycles. The molecule has 0 fully saturated rings. The van der Waals surface area contributed by atoms with E-state index in [0.29, 0.717) is 6.61 Å². The van der Waals surface area contributed by atoms with Crippen LogP contribution in [0.5, 0.6) is 5.75 Å². The first-order chi connectivity index (χ1) is 11.9. The highest BCUT2D eigenvalue weighted by molar-refractivity contribution is 5.87. The standard InChI is InChI=1S/C22H25NO.ClH/c1-2-3-15-23-16-21-20-12-8-7-11-19(20)13-14-22(21)24-17-18-9-5-4-6-10-18;/h4-14,23H,2-3,15-17H2,1H3;1H. The molecule has 25 heavy (non-hydrogen) atoms. The number of fused-ring (bicyclic) bond motifs is 1. The first-order valence-corrected chi connectivity index (χ1v) is 8.76. The van der Waals surface area contributed by atoms with Gasteiger partial charge in [-0.3, -0.25) is 0 Å². The van der Waals surface area contributed by atoms with E-state index in [4.69, 9.17) is 4.74 Å². The van der Waals surface area contributed by atoms with Crippen LogP contribution in [-0.4, -0.2) is 6.54 Å². The van der Waals surface area contributed by atoms with Crippen molar-refractivity contribution in [2.75, 3.05) is 6.54 Å². The second-order valence-corrected chi connectivity index (χ2v) is 6.07. The van der Waals surface area contributed by atoms with Gasteiger partial charge in [0.25, 0.3) is 0 Å². The number of rotatable bonds is 8. The van der Waals surface area contributed by atoms with Crippen molar-refractivity contribution in [3.63, 3.8) is 0 Å². The molecular weight excluding hydrogens is 330 g/mol. The summed E-state index contributed by atoms with van der Waals surface area (Å²) in [5.74, 6) is 0.974. The third kappa shape index (κ3) is 5.22. The zero-order valence-corrected chi connectivity index (χ0v) is 15.5. The lowest BCUT2D eigenvalue weighted by molar-refractivity contribution is 0.302. The van der Waals surface area contributed by atoms with Crippen LogP contribution in [0.4, 0.5) is 0 Å². The van der Waals surface area contributed by atoms with E-state index in [1.807, 2.05) is 18.2 Å². The quantitative estimate of drug-likeness (QED) is 0.521. The van der Waals surface area contributed by atoms with Crippen molar-refractivity contribution in [1.82, 2.24) is 5.32 Å². The number of unbranched alkanes of at least 4 members (excludes halogenated alkanes) is 1. The van der Waals surface area contributed by atoms with Crippen LogP contribution in [0.2, 0.25) is 0 Å². The molecule has 3 rings (SSSR count). The summed E-state index contributed by atoms with van der Waals surface area (Å²) in [6.07, 6.45) is 2.41. The molecule has 132 valence electrons. The average molecular weight is 356 g/mol. The molecule has 0 amide bonds. The zero-order valence-electron chi connectivity index (χ0n) is 14.7. The normalized spacial score (nSPS) is 10.4. The first-order valence-electron chi connectivity index (χ1n) is 8.76. The van der Waals surface area contributed by atoms with Crippen LogP contribution in [0.3, 0.4) is 0 Å². The molecule has 1 N–H and O–H groups in total. The molecule has 0 spiro atoms. The van der Waals surface area contributed by atoms with Crippen LogP contribution >= 0.6 is 12.4 Å². The Morgan fingerprint density at radius 3 is 2.44 bits per heavy atom. The second kappa shape index (κ2) is 10.1. The van der Waals surface area contributed by atoms with E-state index in [0.717, 1.165) is 18.8 Å². The third-order valence-corrected chi connectivity index (χ3v) is 4.24. The van der Waals surface area contributed by atoms with Gasteiger partial charge in [0.15, 0.2) is 0 Å². The monoisotopic (exact) mass is 355 g/mol. The third-order valence-electron chi connectivity index (χ3n) is 4.24. The van der Waals surface area contributed by atoms with E-state index < -0.39 is 0 Å². The highest BCUT2D eigenvalue weighted by Gasteiger charge is 2.09. The Morgan fingerprint density at radius 1 is 0.880 bits per heavy atom. The molecule has 0 aliphatic rings. The number of nitrogens with one attached hydrogen (secondary N) is 1. The number of hydrogen-bond acceptors (Lipinski definition) is 2. The summed E-state index contributed by atoms with van der Waals surface area (Å²) in [5.41, 5.74) is 2.44. The van der Waals surface area contributed by atoms with Gasteiger partial charge in [-0.1, -0.05) is 74.0 Å². The van der Waals surface area contributed by atoms with E-state index >= 15 is 0 Å². The largest absolute Gasteiger partial charge is 0.489 e.